The van der Waals surface area contributed by atoms with Crippen LogP contribution in [0.2, 0.25) is 5.02 Å². The molecule has 1 aromatic rings. The van der Waals surface area contributed by atoms with Gasteiger partial charge in [-0.3, -0.25) is 9.69 Å². The highest BCUT2D eigenvalue weighted by molar-refractivity contribution is 7.91. The highest BCUT2D eigenvalue weighted by atomic mass is 35.5. The second-order valence-corrected chi connectivity index (χ2v) is 8.23. The lowest BCUT2D eigenvalue weighted by molar-refractivity contribution is -0.138. The number of halogens is 1. The molecule has 5 nitrogen and oxygen atoms in total. The standard InChI is InChI=1S/C11H14ClNO4S2/c12-8-3-10(18-6-8)5-13-1-2-19(16,17)7-9(13)4-11(14)15/h3,6,9H,1-2,4-5,7H2,(H,14,15). The highest BCUT2D eigenvalue weighted by Gasteiger charge is 2.32. The molecule has 0 spiro atoms. The average molecular weight is 324 g/mol. The first-order valence-corrected chi connectivity index (χ1v) is 8.83. The molecule has 0 aliphatic carbocycles. The number of nitrogens with zero attached hydrogens (tertiary/aromatic N) is 1. The molecule has 0 aromatic carbocycles. The van der Waals surface area contributed by atoms with Crippen molar-refractivity contribution in [2.45, 2.75) is 19.0 Å². The Morgan fingerprint density at radius 3 is 2.89 bits per heavy atom. The van der Waals surface area contributed by atoms with Gasteiger partial charge in [-0.2, -0.15) is 0 Å². The van der Waals surface area contributed by atoms with E-state index in [0.29, 0.717) is 18.1 Å². The Morgan fingerprint density at radius 1 is 1.58 bits per heavy atom. The van der Waals surface area contributed by atoms with Gasteiger partial charge in [0.15, 0.2) is 9.84 Å². The molecular formula is C11H14ClNO4S2. The first kappa shape index (κ1) is 14.8. The van der Waals surface area contributed by atoms with Crippen LogP contribution in [0, 0.1) is 0 Å². The fourth-order valence-corrected chi connectivity index (χ4v) is 4.85. The Balaban J connectivity index is 2.10. The number of carbonyl (C=O) groups is 1. The molecular weight excluding hydrogens is 310 g/mol. The van der Waals surface area contributed by atoms with Gasteiger partial charge in [-0.1, -0.05) is 11.6 Å². The van der Waals surface area contributed by atoms with Gasteiger partial charge in [0.2, 0.25) is 0 Å². The van der Waals surface area contributed by atoms with Gasteiger partial charge in [0.1, 0.15) is 0 Å². The van der Waals surface area contributed by atoms with Gasteiger partial charge in [0, 0.05) is 29.4 Å². The van der Waals surface area contributed by atoms with Crippen molar-refractivity contribution in [2.24, 2.45) is 0 Å². The van der Waals surface area contributed by atoms with Crippen molar-refractivity contribution >= 4 is 38.7 Å². The van der Waals surface area contributed by atoms with Crippen molar-refractivity contribution in [1.82, 2.24) is 4.90 Å². The molecule has 2 rings (SSSR count). The Bertz CT molecular complexity index is 569. The van der Waals surface area contributed by atoms with Gasteiger partial charge in [0.25, 0.3) is 0 Å². The second-order valence-electron chi connectivity index (χ2n) is 4.57. The first-order chi connectivity index (χ1) is 8.85. The van der Waals surface area contributed by atoms with E-state index in [9.17, 15) is 13.2 Å². The number of hydrogen-bond donors (Lipinski definition) is 1. The van der Waals surface area contributed by atoms with E-state index in [4.69, 9.17) is 16.7 Å². The summed E-state index contributed by atoms with van der Waals surface area (Å²) in [6, 6.07) is 1.37. The smallest absolute Gasteiger partial charge is 0.304 e. The zero-order valence-electron chi connectivity index (χ0n) is 10.1. The Hall–Kier alpha value is -0.630. The summed E-state index contributed by atoms with van der Waals surface area (Å²) in [5, 5.41) is 11.3. The van der Waals surface area contributed by atoms with Crippen LogP contribution < -0.4 is 0 Å². The third-order valence-corrected chi connectivity index (χ3v) is 6.01. The second kappa shape index (κ2) is 5.78. The van der Waals surface area contributed by atoms with E-state index >= 15 is 0 Å². The molecule has 1 N–H and O–H groups in total. The topological polar surface area (TPSA) is 74.7 Å². The minimum Gasteiger partial charge on any atom is -0.481 e. The van der Waals surface area contributed by atoms with Crippen molar-refractivity contribution < 1.29 is 18.3 Å². The summed E-state index contributed by atoms with van der Waals surface area (Å²) >= 11 is 7.34. The number of thiophene rings is 1. The highest BCUT2D eigenvalue weighted by Crippen LogP contribution is 2.24. The van der Waals surface area contributed by atoms with E-state index in [1.54, 1.807) is 0 Å². The Labute approximate surface area is 120 Å². The molecule has 0 bridgehead atoms. The first-order valence-electron chi connectivity index (χ1n) is 5.75. The monoisotopic (exact) mass is 323 g/mol. The maximum Gasteiger partial charge on any atom is 0.304 e. The van der Waals surface area contributed by atoms with Gasteiger partial charge in [-0.25, -0.2) is 8.42 Å². The summed E-state index contributed by atoms with van der Waals surface area (Å²) < 4.78 is 23.2. The summed E-state index contributed by atoms with van der Waals surface area (Å²) in [6.07, 6.45) is -0.154. The van der Waals surface area contributed by atoms with Crippen LogP contribution in [0.15, 0.2) is 11.4 Å². The quantitative estimate of drug-likeness (QED) is 0.908. The number of carboxylic acids is 1. The fourth-order valence-electron chi connectivity index (χ4n) is 2.16. The maximum absolute atomic E-state index is 11.6. The summed E-state index contributed by atoms with van der Waals surface area (Å²) in [7, 11) is -3.13. The third-order valence-electron chi connectivity index (χ3n) is 3.04. The molecule has 1 aliphatic rings. The molecule has 0 saturated carbocycles. The van der Waals surface area contributed by atoms with Gasteiger partial charge >= 0.3 is 5.97 Å². The summed E-state index contributed by atoms with van der Waals surface area (Å²) in [5.41, 5.74) is 0. The van der Waals surface area contributed by atoms with E-state index in [1.807, 2.05) is 16.3 Å². The van der Waals surface area contributed by atoms with Crippen LogP contribution >= 0.6 is 22.9 Å². The van der Waals surface area contributed by atoms with Crippen molar-refractivity contribution in [1.29, 1.82) is 0 Å². The molecule has 106 valence electrons. The number of aliphatic carboxylic acids is 1. The van der Waals surface area contributed by atoms with Crippen LogP contribution in [0.5, 0.6) is 0 Å². The maximum atomic E-state index is 11.6. The molecule has 2 heterocycles. The van der Waals surface area contributed by atoms with Crippen molar-refractivity contribution in [3.05, 3.63) is 21.3 Å². The van der Waals surface area contributed by atoms with E-state index in [2.05, 4.69) is 0 Å². The molecule has 1 aromatic heterocycles. The number of hydrogen-bond acceptors (Lipinski definition) is 5. The SMILES string of the molecule is O=C(O)CC1CS(=O)(=O)CCN1Cc1cc(Cl)cs1. The largest absolute Gasteiger partial charge is 0.481 e. The van der Waals surface area contributed by atoms with Gasteiger partial charge in [-0.15, -0.1) is 11.3 Å². The molecule has 8 heteroatoms. The summed E-state index contributed by atoms with van der Waals surface area (Å²) in [6.45, 7) is 0.917. The van der Waals surface area contributed by atoms with Crippen molar-refractivity contribution in [3.63, 3.8) is 0 Å². The van der Waals surface area contributed by atoms with E-state index in [-0.39, 0.29) is 17.9 Å². The van der Waals surface area contributed by atoms with Crippen molar-refractivity contribution in [3.8, 4) is 0 Å². The molecule has 1 unspecified atom stereocenters. The van der Waals surface area contributed by atoms with E-state index < -0.39 is 21.8 Å². The van der Waals surface area contributed by atoms with Crippen molar-refractivity contribution in [2.75, 3.05) is 18.1 Å². The van der Waals surface area contributed by atoms with Crippen LogP contribution in [0.3, 0.4) is 0 Å². The fraction of sp³-hybridized carbons (Fsp3) is 0.545. The van der Waals surface area contributed by atoms with E-state index in [0.717, 1.165) is 4.88 Å². The lowest BCUT2D eigenvalue weighted by atomic mass is 10.2. The molecule has 0 radical (unpaired) electrons. The lowest BCUT2D eigenvalue weighted by Crippen LogP contribution is -2.48. The minimum absolute atomic E-state index is 0.0849. The summed E-state index contributed by atoms with van der Waals surface area (Å²) in [5.74, 6) is -0.975. The van der Waals surface area contributed by atoms with Crippen LogP contribution in [0.1, 0.15) is 11.3 Å². The average Bonchev–Trinajstić information content (AvgIpc) is 2.67. The summed E-state index contributed by atoms with van der Waals surface area (Å²) in [4.78, 5) is 13.8. The van der Waals surface area contributed by atoms with Crippen LogP contribution in [-0.2, 0) is 21.2 Å². The van der Waals surface area contributed by atoms with Crippen LogP contribution in [-0.4, -0.2) is 48.5 Å². The van der Waals surface area contributed by atoms with Crippen LogP contribution in [0.25, 0.3) is 0 Å². The van der Waals surface area contributed by atoms with Gasteiger partial charge in [0.05, 0.1) is 22.9 Å². The predicted octanol–water partition coefficient (Wildman–Crippen LogP) is 1.48. The zero-order chi connectivity index (χ0) is 14.0. The Morgan fingerprint density at radius 2 is 2.32 bits per heavy atom. The Kier molecular flexibility index (Phi) is 4.50. The molecule has 1 fully saturated rings. The molecule has 0 amide bonds. The van der Waals surface area contributed by atoms with E-state index in [1.165, 1.54) is 11.3 Å². The van der Waals surface area contributed by atoms with Crippen LogP contribution in [0.4, 0.5) is 0 Å². The number of rotatable bonds is 4. The molecule has 1 saturated heterocycles. The van der Waals surface area contributed by atoms with Gasteiger partial charge in [-0.05, 0) is 6.07 Å². The lowest BCUT2D eigenvalue weighted by Gasteiger charge is -2.34. The van der Waals surface area contributed by atoms with Gasteiger partial charge < -0.3 is 5.11 Å². The number of carboxylic acid groups (broad SMARTS) is 1. The third kappa shape index (κ3) is 4.17. The normalized spacial score (nSPS) is 23.3. The number of sulfone groups is 1. The molecule has 1 aliphatic heterocycles. The minimum atomic E-state index is -3.13. The zero-order valence-corrected chi connectivity index (χ0v) is 12.5. The molecule has 19 heavy (non-hydrogen) atoms. The molecule has 1 atom stereocenters. The predicted molar refractivity (Wildman–Crippen MR) is 74.4 cm³/mol.